The average Bonchev–Trinajstić information content (AvgIpc) is 3.48. The lowest BCUT2D eigenvalue weighted by molar-refractivity contribution is -0.122. The Kier molecular flexibility index (Phi) is 5.94. The first kappa shape index (κ1) is 20.0. The summed E-state index contributed by atoms with van der Waals surface area (Å²) in [5, 5.41) is 6.17. The summed E-state index contributed by atoms with van der Waals surface area (Å²) in [5.74, 6) is 0.327. The van der Waals surface area contributed by atoms with Gasteiger partial charge in [-0.15, -0.1) is 11.3 Å². The number of rotatable bonds is 6. The molecule has 5 nitrogen and oxygen atoms in total. The molecule has 1 saturated heterocycles. The van der Waals surface area contributed by atoms with Crippen LogP contribution in [0.25, 0.3) is 0 Å². The van der Waals surface area contributed by atoms with E-state index >= 15 is 0 Å². The number of nitrogens with zero attached hydrogens (tertiary/aromatic N) is 2. The van der Waals surface area contributed by atoms with Crippen LogP contribution >= 0.6 is 11.3 Å². The van der Waals surface area contributed by atoms with Gasteiger partial charge in [0, 0.05) is 48.8 Å². The molecule has 0 atom stereocenters. The molecule has 1 aliphatic heterocycles. The zero-order valence-electron chi connectivity index (χ0n) is 16.6. The van der Waals surface area contributed by atoms with Crippen LogP contribution in [0.1, 0.15) is 58.2 Å². The molecular formula is C22H26FN3O2S. The molecule has 0 radical (unpaired) electrons. The van der Waals surface area contributed by atoms with Crippen LogP contribution in [-0.2, 0) is 11.2 Å². The zero-order valence-corrected chi connectivity index (χ0v) is 17.4. The van der Waals surface area contributed by atoms with Crippen molar-refractivity contribution in [2.24, 2.45) is 5.92 Å². The number of nitrogens with one attached hydrogen (secondary N) is 1. The van der Waals surface area contributed by atoms with Gasteiger partial charge >= 0.3 is 0 Å². The predicted molar refractivity (Wildman–Crippen MR) is 111 cm³/mol. The standard InChI is InChI=1S/C22H26FN3O2S/c1-14-2-3-17(12-19(14)23)22(28)26-10-7-16(8-11-26)21-25-18(13-29-21)6-9-24-20(27)15-4-5-15/h2-3,12-13,15-16H,4-11H2,1H3,(H,24,27). The summed E-state index contributed by atoms with van der Waals surface area (Å²) in [7, 11) is 0. The minimum absolute atomic E-state index is 0.103. The van der Waals surface area contributed by atoms with Gasteiger partial charge < -0.3 is 10.2 Å². The van der Waals surface area contributed by atoms with Gasteiger partial charge in [0.15, 0.2) is 0 Å². The fourth-order valence-electron chi connectivity index (χ4n) is 3.67. The first-order chi connectivity index (χ1) is 14.0. The van der Waals surface area contributed by atoms with Crippen LogP contribution in [0.3, 0.4) is 0 Å². The molecule has 29 heavy (non-hydrogen) atoms. The third-order valence-corrected chi connectivity index (χ3v) is 6.80. The molecule has 2 aromatic rings. The zero-order chi connectivity index (χ0) is 20.4. The van der Waals surface area contributed by atoms with E-state index in [1.165, 1.54) is 6.07 Å². The predicted octanol–water partition coefficient (Wildman–Crippen LogP) is 3.68. The van der Waals surface area contributed by atoms with E-state index in [2.05, 4.69) is 10.7 Å². The van der Waals surface area contributed by atoms with Crippen molar-refractivity contribution in [3.63, 3.8) is 0 Å². The highest BCUT2D eigenvalue weighted by molar-refractivity contribution is 7.09. The van der Waals surface area contributed by atoms with Gasteiger partial charge in [0.05, 0.1) is 10.7 Å². The monoisotopic (exact) mass is 415 g/mol. The second kappa shape index (κ2) is 8.61. The van der Waals surface area contributed by atoms with Crippen molar-refractivity contribution in [1.29, 1.82) is 0 Å². The smallest absolute Gasteiger partial charge is 0.253 e. The normalized spacial score (nSPS) is 17.4. The fraction of sp³-hybridized carbons (Fsp3) is 0.500. The van der Waals surface area contributed by atoms with E-state index in [9.17, 15) is 14.0 Å². The van der Waals surface area contributed by atoms with E-state index in [-0.39, 0.29) is 23.5 Å². The minimum Gasteiger partial charge on any atom is -0.355 e. The van der Waals surface area contributed by atoms with Gasteiger partial charge in [-0.25, -0.2) is 9.37 Å². The Bertz CT molecular complexity index is 901. The van der Waals surface area contributed by atoms with Crippen LogP contribution in [0.4, 0.5) is 4.39 Å². The molecule has 0 spiro atoms. The Morgan fingerprint density at radius 1 is 1.24 bits per heavy atom. The van der Waals surface area contributed by atoms with E-state index in [1.807, 2.05) is 4.90 Å². The van der Waals surface area contributed by atoms with Crippen molar-refractivity contribution in [3.05, 3.63) is 51.2 Å². The van der Waals surface area contributed by atoms with Crippen LogP contribution in [0.5, 0.6) is 0 Å². The van der Waals surface area contributed by atoms with Crippen molar-refractivity contribution in [2.75, 3.05) is 19.6 Å². The third kappa shape index (κ3) is 4.83. The van der Waals surface area contributed by atoms with Gasteiger partial charge in [0.25, 0.3) is 5.91 Å². The summed E-state index contributed by atoms with van der Waals surface area (Å²) in [6.07, 6.45) is 4.53. The molecule has 1 N–H and O–H groups in total. The molecular weight excluding hydrogens is 389 g/mol. The SMILES string of the molecule is Cc1ccc(C(=O)N2CCC(c3nc(CCNC(=O)C4CC4)cs3)CC2)cc1F. The summed E-state index contributed by atoms with van der Waals surface area (Å²) in [6, 6.07) is 4.68. The van der Waals surface area contributed by atoms with Crippen molar-refractivity contribution >= 4 is 23.2 Å². The first-order valence-corrected chi connectivity index (χ1v) is 11.2. The summed E-state index contributed by atoms with van der Waals surface area (Å²) >= 11 is 1.67. The van der Waals surface area contributed by atoms with Crippen molar-refractivity contribution in [1.82, 2.24) is 15.2 Å². The quantitative estimate of drug-likeness (QED) is 0.783. The van der Waals surface area contributed by atoms with E-state index in [4.69, 9.17) is 4.98 Å². The summed E-state index contributed by atoms with van der Waals surface area (Å²) < 4.78 is 13.8. The lowest BCUT2D eigenvalue weighted by atomic mass is 9.97. The Hall–Kier alpha value is -2.28. The maximum atomic E-state index is 13.8. The number of thiazole rings is 1. The number of hydrogen-bond donors (Lipinski definition) is 1. The van der Waals surface area contributed by atoms with Crippen LogP contribution in [0.15, 0.2) is 23.6 Å². The Labute approximate surface area is 174 Å². The molecule has 7 heteroatoms. The second-order valence-electron chi connectivity index (χ2n) is 8.02. The molecule has 2 fully saturated rings. The molecule has 2 aliphatic rings. The first-order valence-electron chi connectivity index (χ1n) is 10.3. The Morgan fingerprint density at radius 3 is 2.69 bits per heavy atom. The molecule has 1 aliphatic carbocycles. The average molecular weight is 416 g/mol. The van der Waals surface area contributed by atoms with Gasteiger partial charge in [0.2, 0.25) is 5.91 Å². The maximum absolute atomic E-state index is 13.8. The molecule has 1 aromatic carbocycles. The third-order valence-electron chi connectivity index (χ3n) is 5.75. The van der Waals surface area contributed by atoms with Crippen LogP contribution in [0.2, 0.25) is 0 Å². The van der Waals surface area contributed by atoms with E-state index in [0.717, 1.165) is 42.8 Å². The summed E-state index contributed by atoms with van der Waals surface area (Å²) in [6.45, 7) is 3.65. The van der Waals surface area contributed by atoms with Crippen LogP contribution in [0, 0.1) is 18.7 Å². The molecule has 0 unspecified atom stereocenters. The number of aromatic nitrogens is 1. The number of likely N-dealkylation sites (tertiary alicyclic amines) is 1. The molecule has 154 valence electrons. The van der Waals surface area contributed by atoms with E-state index in [0.29, 0.717) is 36.7 Å². The van der Waals surface area contributed by atoms with Gasteiger partial charge in [0.1, 0.15) is 5.82 Å². The van der Waals surface area contributed by atoms with Crippen molar-refractivity contribution in [2.45, 2.75) is 44.9 Å². The van der Waals surface area contributed by atoms with Crippen LogP contribution < -0.4 is 5.32 Å². The van der Waals surface area contributed by atoms with Gasteiger partial charge in [-0.05, 0) is 50.3 Å². The summed E-state index contributed by atoms with van der Waals surface area (Å²) in [4.78, 5) is 30.9. The number of halogens is 1. The van der Waals surface area contributed by atoms with E-state index < -0.39 is 0 Å². The van der Waals surface area contributed by atoms with Gasteiger partial charge in [-0.1, -0.05) is 6.07 Å². The highest BCUT2D eigenvalue weighted by atomic mass is 32.1. The molecule has 0 bridgehead atoms. The lowest BCUT2D eigenvalue weighted by Gasteiger charge is -2.31. The number of aryl methyl sites for hydroxylation is 1. The highest BCUT2D eigenvalue weighted by Gasteiger charge is 2.29. The van der Waals surface area contributed by atoms with E-state index in [1.54, 1.807) is 30.4 Å². The number of benzene rings is 1. The van der Waals surface area contributed by atoms with Crippen LogP contribution in [-0.4, -0.2) is 41.3 Å². The number of piperidine rings is 1. The topological polar surface area (TPSA) is 62.3 Å². The fourth-order valence-corrected chi connectivity index (χ4v) is 4.69. The highest BCUT2D eigenvalue weighted by Crippen LogP contribution is 2.31. The van der Waals surface area contributed by atoms with Gasteiger partial charge in [-0.3, -0.25) is 9.59 Å². The molecule has 2 amide bonds. The molecule has 1 saturated carbocycles. The van der Waals surface area contributed by atoms with Crippen molar-refractivity contribution < 1.29 is 14.0 Å². The largest absolute Gasteiger partial charge is 0.355 e. The van der Waals surface area contributed by atoms with Crippen molar-refractivity contribution in [3.8, 4) is 0 Å². The molecule has 1 aromatic heterocycles. The lowest BCUT2D eigenvalue weighted by Crippen LogP contribution is -2.38. The number of amides is 2. The number of carbonyl (C=O) groups excluding carboxylic acids is 2. The Balaban J connectivity index is 1.27. The Morgan fingerprint density at radius 2 is 2.00 bits per heavy atom. The molecule has 2 heterocycles. The second-order valence-corrected chi connectivity index (χ2v) is 8.91. The minimum atomic E-state index is -0.339. The number of hydrogen-bond acceptors (Lipinski definition) is 4. The molecule has 4 rings (SSSR count). The van der Waals surface area contributed by atoms with Gasteiger partial charge in [-0.2, -0.15) is 0 Å². The number of carbonyl (C=O) groups is 2. The summed E-state index contributed by atoms with van der Waals surface area (Å²) in [5.41, 5.74) is 1.98. The maximum Gasteiger partial charge on any atom is 0.253 e.